The van der Waals surface area contributed by atoms with Crippen molar-refractivity contribution in [3.8, 4) is 0 Å². The molecule has 4 heteroatoms. The van der Waals surface area contributed by atoms with E-state index in [1.54, 1.807) is 12.1 Å². The maximum absolute atomic E-state index is 12.7. The number of carbonyl (C=O) groups is 1. The molecule has 0 atom stereocenters. The van der Waals surface area contributed by atoms with E-state index in [0.29, 0.717) is 18.7 Å². The van der Waals surface area contributed by atoms with Crippen LogP contribution in [0, 0.1) is 11.2 Å². The topological polar surface area (TPSA) is 55.1 Å². The minimum absolute atomic E-state index is 0.00408. The van der Waals surface area contributed by atoms with Crippen molar-refractivity contribution in [3.63, 3.8) is 0 Å². The molecule has 1 aromatic carbocycles. The maximum atomic E-state index is 12.7. The zero-order valence-corrected chi connectivity index (χ0v) is 9.71. The maximum Gasteiger partial charge on any atom is 0.224 e. The van der Waals surface area contributed by atoms with Gasteiger partial charge in [-0.25, -0.2) is 4.39 Å². The Morgan fingerprint density at radius 2 is 2.00 bits per heavy atom. The lowest BCUT2D eigenvalue weighted by atomic mass is 9.66. The van der Waals surface area contributed by atoms with Crippen molar-refractivity contribution < 1.29 is 9.18 Å². The number of anilines is 1. The average molecular weight is 236 g/mol. The van der Waals surface area contributed by atoms with E-state index in [9.17, 15) is 9.18 Å². The largest absolute Gasteiger partial charge is 0.330 e. The molecule has 1 fully saturated rings. The Bertz CT molecular complexity index is 393. The summed E-state index contributed by atoms with van der Waals surface area (Å²) in [7, 11) is 0. The third-order valence-electron chi connectivity index (χ3n) is 3.51. The third kappa shape index (κ3) is 2.82. The SMILES string of the molecule is NCC1(CC(=O)Nc2ccc(F)cc2)CCC1. The van der Waals surface area contributed by atoms with Crippen molar-refractivity contribution in [1.82, 2.24) is 0 Å². The fourth-order valence-corrected chi connectivity index (χ4v) is 2.21. The predicted octanol–water partition coefficient (Wildman–Crippen LogP) is 2.28. The van der Waals surface area contributed by atoms with Crippen LogP contribution < -0.4 is 11.1 Å². The fourth-order valence-electron chi connectivity index (χ4n) is 2.21. The van der Waals surface area contributed by atoms with E-state index in [1.165, 1.54) is 12.1 Å². The van der Waals surface area contributed by atoms with Gasteiger partial charge in [0.2, 0.25) is 5.91 Å². The van der Waals surface area contributed by atoms with Crippen molar-refractivity contribution in [2.75, 3.05) is 11.9 Å². The van der Waals surface area contributed by atoms with Crippen molar-refractivity contribution >= 4 is 11.6 Å². The molecule has 3 nitrogen and oxygen atoms in total. The normalized spacial score (nSPS) is 17.3. The lowest BCUT2D eigenvalue weighted by molar-refractivity contribution is -0.119. The zero-order chi connectivity index (χ0) is 12.3. The highest BCUT2D eigenvalue weighted by molar-refractivity contribution is 5.91. The van der Waals surface area contributed by atoms with Gasteiger partial charge in [-0.05, 0) is 49.1 Å². The fraction of sp³-hybridized carbons (Fsp3) is 0.462. The van der Waals surface area contributed by atoms with Crippen LogP contribution in [-0.2, 0) is 4.79 Å². The van der Waals surface area contributed by atoms with Gasteiger partial charge in [0.25, 0.3) is 0 Å². The summed E-state index contributed by atoms with van der Waals surface area (Å²) in [6, 6.07) is 5.78. The molecule has 1 aliphatic carbocycles. The summed E-state index contributed by atoms with van der Waals surface area (Å²) >= 11 is 0. The molecule has 0 spiro atoms. The second-order valence-electron chi connectivity index (χ2n) is 4.79. The van der Waals surface area contributed by atoms with E-state index in [2.05, 4.69) is 5.32 Å². The second kappa shape index (κ2) is 4.84. The molecule has 0 heterocycles. The van der Waals surface area contributed by atoms with E-state index in [1.807, 2.05) is 0 Å². The molecule has 92 valence electrons. The Morgan fingerprint density at radius 1 is 1.35 bits per heavy atom. The van der Waals surface area contributed by atoms with Crippen LogP contribution in [0.4, 0.5) is 10.1 Å². The Labute approximate surface area is 100 Å². The van der Waals surface area contributed by atoms with Gasteiger partial charge >= 0.3 is 0 Å². The molecule has 0 bridgehead atoms. The molecule has 1 amide bonds. The Balaban J connectivity index is 1.91. The average Bonchev–Trinajstić information content (AvgIpc) is 2.27. The zero-order valence-electron chi connectivity index (χ0n) is 9.71. The van der Waals surface area contributed by atoms with Gasteiger partial charge in [-0.2, -0.15) is 0 Å². The summed E-state index contributed by atoms with van der Waals surface area (Å²) in [4.78, 5) is 11.8. The molecule has 1 aromatic rings. The first-order valence-corrected chi connectivity index (χ1v) is 5.89. The van der Waals surface area contributed by atoms with Gasteiger partial charge < -0.3 is 11.1 Å². The van der Waals surface area contributed by atoms with Crippen LogP contribution in [0.25, 0.3) is 0 Å². The summed E-state index contributed by atoms with van der Waals surface area (Å²) in [6.45, 7) is 0.559. The predicted molar refractivity (Wildman–Crippen MR) is 65.0 cm³/mol. The van der Waals surface area contributed by atoms with Crippen LogP contribution in [0.15, 0.2) is 24.3 Å². The third-order valence-corrected chi connectivity index (χ3v) is 3.51. The van der Waals surface area contributed by atoms with Gasteiger partial charge in [-0.3, -0.25) is 4.79 Å². The number of carbonyl (C=O) groups excluding carboxylic acids is 1. The lowest BCUT2D eigenvalue weighted by Crippen LogP contribution is -2.40. The highest BCUT2D eigenvalue weighted by Crippen LogP contribution is 2.42. The number of nitrogens with one attached hydrogen (secondary N) is 1. The minimum atomic E-state index is -0.305. The first-order valence-electron chi connectivity index (χ1n) is 5.89. The molecule has 0 saturated heterocycles. The Hall–Kier alpha value is -1.42. The quantitative estimate of drug-likeness (QED) is 0.842. The van der Waals surface area contributed by atoms with Gasteiger partial charge in [0, 0.05) is 12.1 Å². The number of rotatable bonds is 4. The highest BCUT2D eigenvalue weighted by Gasteiger charge is 2.37. The summed E-state index contributed by atoms with van der Waals surface area (Å²) in [5, 5.41) is 2.77. The van der Waals surface area contributed by atoms with Crippen LogP contribution >= 0.6 is 0 Å². The van der Waals surface area contributed by atoms with Crippen LogP contribution in [-0.4, -0.2) is 12.5 Å². The number of hydrogen-bond acceptors (Lipinski definition) is 2. The first kappa shape index (κ1) is 12.0. The Kier molecular flexibility index (Phi) is 3.43. The number of benzene rings is 1. The molecule has 0 unspecified atom stereocenters. The van der Waals surface area contributed by atoms with Crippen molar-refractivity contribution in [1.29, 1.82) is 0 Å². The smallest absolute Gasteiger partial charge is 0.224 e. The summed E-state index contributed by atoms with van der Waals surface area (Å²) in [6.07, 6.45) is 3.67. The summed E-state index contributed by atoms with van der Waals surface area (Å²) < 4.78 is 12.7. The van der Waals surface area contributed by atoms with E-state index >= 15 is 0 Å². The molecule has 0 aliphatic heterocycles. The van der Waals surface area contributed by atoms with Gasteiger partial charge in [0.15, 0.2) is 0 Å². The van der Waals surface area contributed by atoms with E-state index < -0.39 is 0 Å². The van der Waals surface area contributed by atoms with Crippen molar-refractivity contribution in [3.05, 3.63) is 30.1 Å². The highest BCUT2D eigenvalue weighted by atomic mass is 19.1. The molecular formula is C13H17FN2O. The number of hydrogen-bond donors (Lipinski definition) is 2. The first-order chi connectivity index (χ1) is 8.13. The number of halogens is 1. The number of amides is 1. The molecule has 1 saturated carbocycles. The van der Waals surface area contributed by atoms with Crippen molar-refractivity contribution in [2.24, 2.45) is 11.1 Å². The molecular weight excluding hydrogens is 219 g/mol. The van der Waals surface area contributed by atoms with Gasteiger partial charge in [0.05, 0.1) is 0 Å². The van der Waals surface area contributed by atoms with Gasteiger partial charge in [-0.15, -0.1) is 0 Å². The molecule has 1 aliphatic rings. The monoisotopic (exact) mass is 236 g/mol. The second-order valence-corrected chi connectivity index (χ2v) is 4.79. The standard InChI is InChI=1S/C13H17FN2O/c14-10-2-4-11(5-3-10)16-12(17)8-13(9-15)6-1-7-13/h2-5H,1,6-9,15H2,(H,16,17). The van der Waals surface area contributed by atoms with Crippen LogP contribution in [0.5, 0.6) is 0 Å². The van der Waals surface area contributed by atoms with Gasteiger partial charge in [0.1, 0.15) is 5.82 Å². The molecule has 0 radical (unpaired) electrons. The molecule has 2 rings (SSSR count). The van der Waals surface area contributed by atoms with E-state index in [0.717, 1.165) is 19.3 Å². The molecule has 3 N–H and O–H groups in total. The molecule has 0 aromatic heterocycles. The molecule has 17 heavy (non-hydrogen) atoms. The number of nitrogens with two attached hydrogens (primary N) is 1. The lowest BCUT2D eigenvalue weighted by Gasteiger charge is -2.40. The van der Waals surface area contributed by atoms with E-state index in [-0.39, 0.29) is 17.1 Å². The van der Waals surface area contributed by atoms with E-state index in [4.69, 9.17) is 5.73 Å². The van der Waals surface area contributed by atoms with Gasteiger partial charge in [-0.1, -0.05) is 6.42 Å². The van der Waals surface area contributed by atoms with Crippen LogP contribution in [0.3, 0.4) is 0 Å². The van der Waals surface area contributed by atoms with Crippen molar-refractivity contribution in [2.45, 2.75) is 25.7 Å². The summed E-state index contributed by atoms with van der Waals surface area (Å²) in [5.41, 5.74) is 6.33. The summed E-state index contributed by atoms with van der Waals surface area (Å²) in [5.74, 6) is -0.345. The Morgan fingerprint density at radius 3 is 2.47 bits per heavy atom. The van der Waals surface area contributed by atoms with Crippen LogP contribution in [0.2, 0.25) is 0 Å². The minimum Gasteiger partial charge on any atom is -0.330 e. The van der Waals surface area contributed by atoms with Crippen LogP contribution in [0.1, 0.15) is 25.7 Å².